The molecular weight excluding hydrogens is 277 g/mol. The summed E-state index contributed by atoms with van der Waals surface area (Å²) in [7, 11) is 2.13. The number of pyridine rings is 1. The fraction of sp³-hybridized carbons (Fsp3) is 0.500. The largest absolute Gasteiger partial charge is 0.312 e. The van der Waals surface area contributed by atoms with Gasteiger partial charge in [-0.15, -0.1) is 0 Å². The second kappa shape index (κ2) is 6.31. The van der Waals surface area contributed by atoms with Gasteiger partial charge in [0, 0.05) is 37.1 Å². The average Bonchev–Trinajstić information content (AvgIpc) is 2.47. The van der Waals surface area contributed by atoms with Crippen molar-refractivity contribution in [2.75, 3.05) is 20.1 Å². The van der Waals surface area contributed by atoms with E-state index in [2.05, 4.69) is 31.1 Å². The molecule has 0 spiro atoms. The summed E-state index contributed by atoms with van der Waals surface area (Å²) in [6.07, 6.45) is 0.969. The van der Waals surface area contributed by atoms with Crippen molar-refractivity contribution in [1.82, 2.24) is 15.2 Å². The van der Waals surface area contributed by atoms with Gasteiger partial charge >= 0.3 is 0 Å². The minimum atomic E-state index is -0.191. The van der Waals surface area contributed by atoms with E-state index in [-0.39, 0.29) is 5.82 Å². The second-order valence-corrected chi connectivity index (χ2v) is 6.69. The van der Waals surface area contributed by atoms with Gasteiger partial charge in [-0.1, -0.05) is 13.8 Å². The normalized spacial score (nSPS) is 15.5. The Morgan fingerprint density at radius 2 is 2.18 bits per heavy atom. The number of nitrogens with zero attached hydrogens (tertiary/aromatic N) is 2. The third kappa shape index (κ3) is 3.13. The van der Waals surface area contributed by atoms with Gasteiger partial charge in [0.05, 0.1) is 5.52 Å². The Hall–Kier alpha value is -1.52. The predicted octanol–water partition coefficient (Wildman–Crippen LogP) is 3.11. The van der Waals surface area contributed by atoms with Crippen molar-refractivity contribution in [2.45, 2.75) is 33.4 Å². The fourth-order valence-corrected chi connectivity index (χ4v) is 3.12. The zero-order valence-corrected chi connectivity index (χ0v) is 13.6. The number of rotatable bonds is 4. The molecule has 3 rings (SSSR count). The Morgan fingerprint density at radius 3 is 2.95 bits per heavy atom. The highest BCUT2D eigenvalue weighted by Crippen LogP contribution is 2.28. The molecule has 0 aliphatic carbocycles. The van der Waals surface area contributed by atoms with Gasteiger partial charge in [-0.25, -0.2) is 4.39 Å². The minimum absolute atomic E-state index is 0.191. The van der Waals surface area contributed by atoms with Gasteiger partial charge in [0.25, 0.3) is 0 Å². The molecule has 2 aromatic rings. The van der Waals surface area contributed by atoms with Crippen molar-refractivity contribution in [2.24, 2.45) is 5.92 Å². The number of halogens is 1. The molecule has 0 bridgehead atoms. The number of aromatic nitrogens is 1. The topological polar surface area (TPSA) is 28.2 Å². The molecule has 1 aromatic carbocycles. The lowest BCUT2D eigenvalue weighted by Crippen LogP contribution is -2.30. The summed E-state index contributed by atoms with van der Waals surface area (Å²) < 4.78 is 13.7. The summed E-state index contributed by atoms with van der Waals surface area (Å²) in [5.74, 6) is 0.409. The van der Waals surface area contributed by atoms with Crippen molar-refractivity contribution in [3.8, 4) is 0 Å². The lowest BCUT2D eigenvalue weighted by molar-refractivity contribution is 0.308. The molecular formula is C18H24FN3. The first-order valence-corrected chi connectivity index (χ1v) is 8.03. The first-order valence-electron chi connectivity index (χ1n) is 8.03. The molecule has 1 aliphatic rings. The maximum atomic E-state index is 13.7. The molecule has 0 saturated carbocycles. The third-order valence-corrected chi connectivity index (χ3v) is 4.26. The summed E-state index contributed by atoms with van der Waals surface area (Å²) >= 11 is 0. The average molecular weight is 301 g/mol. The monoisotopic (exact) mass is 301 g/mol. The molecule has 1 aliphatic heterocycles. The summed E-state index contributed by atoms with van der Waals surface area (Å²) in [5, 5.41) is 4.46. The number of benzene rings is 1. The molecule has 1 aromatic heterocycles. The maximum absolute atomic E-state index is 13.7. The van der Waals surface area contributed by atoms with Crippen molar-refractivity contribution in [3.63, 3.8) is 0 Å². The van der Waals surface area contributed by atoms with Crippen LogP contribution in [0.15, 0.2) is 18.2 Å². The molecule has 118 valence electrons. The molecule has 0 atom stereocenters. The maximum Gasteiger partial charge on any atom is 0.123 e. The van der Waals surface area contributed by atoms with E-state index >= 15 is 0 Å². The zero-order chi connectivity index (χ0) is 15.7. The van der Waals surface area contributed by atoms with E-state index in [0.29, 0.717) is 5.92 Å². The number of likely N-dealkylation sites (N-methyl/N-ethyl adjacent to an activating group) is 1. The van der Waals surface area contributed by atoms with E-state index < -0.39 is 0 Å². The van der Waals surface area contributed by atoms with Crippen LogP contribution in [-0.4, -0.2) is 30.0 Å². The lowest BCUT2D eigenvalue weighted by atomic mass is 9.95. The Kier molecular flexibility index (Phi) is 4.41. The Morgan fingerprint density at radius 1 is 1.36 bits per heavy atom. The van der Waals surface area contributed by atoms with E-state index in [0.717, 1.165) is 43.5 Å². The number of fused-ring (bicyclic) bond motifs is 2. The molecule has 0 fully saturated rings. The Balaban J connectivity index is 2.07. The standard InChI is InChI=1S/C18H24FN3/c1-12(2)9-20-10-15-14-8-13(19)4-5-17(14)21-18-6-7-22(3)11-16(15)18/h4-5,8,12,20H,6-7,9-11H2,1-3H3. The smallest absolute Gasteiger partial charge is 0.123 e. The Bertz CT molecular complexity index is 682. The highest BCUT2D eigenvalue weighted by atomic mass is 19.1. The first kappa shape index (κ1) is 15.4. The van der Waals surface area contributed by atoms with Gasteiger partial charge < -0.3 is 10.2 Å². The van der Waals surface area contributed by atoms with E-state index in [1.807, 2.05) is 0 Å². The van der Waals surface area contributed by atoms with Crippen LogP contribution < -0.4 is 5.32 Å². The van der Waals surface area contributed by atoms with Crippen LogP contribution in [0.5, 0.6) is 0 Å². The van der Waals surface area contributed by atoms with Crippen LogP contribution in [0.2, 0.25) is 0 Å². The van der Waals surface area contributed by atoms with E-state index in [1.54, 1.807) is 12.1 Å². The summed E-state index contributed by atoms with van der Waals surface area (Å²) in [4.78, 5) is 7.08. The molecule has 0 unspecified atom stereocenters. The van der Waals surface area contributed by atoms with Gasteiger partial charge in [-0.05, 0) is 48.8 Å². The van der Waals surface area contributed by atoms with E-state index in [1.165, 1.54) is 22.9 Å². The number of hydrogen-bond acceptors (Lipinski definition) is 3. The van der Waals surface area contributed by atoms with Crippen molar-refractivity contribution in [1.29, 1.82) is 0 Å². The summed E-state index contributed by atoms with van der Waals surface area (Å²) in [6.45, 7) is 8.06. The molecule has 2 heterocycles. The Labute approximate surface area is 131 Å². The van der Waals surface area contributed by atoms with Crippen LogP contribution in [0.25, 0.3) is 10.9 Å². The van der Waals surface area contributed by atoms with Crippen molar-refractivity contribution < 1.29 is 4.39 Å². The molecule has 1 N–H and O–H groups in total. The molecule has 0 amide bonds. The first-order chi connectivity index (χ1) is 10.5. The fourth-order valence-electron chi connectivity index (χ4n) is 3.12. The van der Waals surface area contributed by atoms with Crippen molar-refractivity contribution in [3.05, 3.63) is 40.8 Å². The predicted molar refractivity (Wildman–Crippen MR) is 88.3 cm³/mol. The quantitative estimate of drug-likeness (QED) is 0.940. The van der Waals surface area contributed by atoms with Gasteiger partial charge in [0.15, 0.2) is 0 Å². The highest BCUT2D eigenvalue weighted by Gasteiger charge is 2.20. The number of nitrogens with one attached hydrogen (secondary N) is 1. The van der Waals surface area contributed by atoms with Crippen LogP contribution >= 0.6 is 0 Å². The minimum Gasteiger partial charge on any atom is -0.312 e. The van der Waals surface area contributed by atoms with Crippen LogP contribution in [0.3, 0.4) is 0 Å². The number of hydrogen-bond donors (Lipinski definition) is 1. The van der Waals surface area contributed by atoms with Crippen LogP contribution in [0.1, 0.15) is 30.7 Å². The van der Waals surface area contributed by atoms with E-state index in [4.69, 9.17) is 4.98 Å². The van der Waals surface area contributed by atoms with Gasteiger partial charge in [-0.2, -0.15) is 0 Å². The summed E-state index contributed by atoms with van der Waals surface area (Å²) in [5.41, 5.74) is 4.58. The summed E-state index contributed by atoms with van der Waals surface area (Å²) in [6, 6.07) is 4.93. The molecule has 22 heavy (non-hydrogen) atoms. The van der Waals surface area contributed by atoms with E-state index in [9.17, 15) is 4.39 Å². The zero-order valence-electron chi connectivity index (χ0n) is 13.6. The van der Waals surface area contributed by atoms with Gasteiger partial charge in [0.1, 0.15) is 5.82 Å². The lowest BCUT2D eigenvalue weighted by Gasteiger charge is -2.27. The highest BCUT2D eigenvalue weighted by molar-refractivity contribution is 5.84. The molecule has 0 radical (unpaired) electrons. The SMILES string of the molecule is CC(C)CNCc1c2c(nc3ccc(F)cc13)CCN(C)C2. The van der Waals surface area contributed by atoms with Crippen molar-refractivity contribution >= 4 is 10.9 Å². The van der Waals surface area contributed by atoms with Crippen LogP contribution in [-0.2, 0) is 19.5 Å². The molecule has 0 saturated heterocycles. The van der Waals surface area contributed by atoms with Crippen LogP contribution in [0, 0.1) is 11.7 Å². The van der Waals surface area contributed by atoms with Gasteiger partial charge in [-0.3, -0.25) is 4.98 Å². The molecule has 3 nitrogen and oxygen atoms in total. The third-order valence-electron chi connectivity index (χ3n) is 4.26. The van der Waals surface area contributed by atoms with Crippen LogP contribution in [0.4, 0.5) is 4.39 Å². The second-order valence-electron chi connectivity index (χ2n) is 6.69. The molecule has 4 heteroatoms. The van der Waals surface area contributed by atoms with Gasteiger partial charge in [0.2, 0.25) is 0 Å².